The number of H-pyrrole nitrogens is 1. The Labute approximate surface area is 75.9 Å². The zero-order chi connectivity index (χ0) is 8.72. The highest BCUT2D eigenvalue weighted by molar-refractivity contribution is 9.09. The molecule has 1 aromatic rings. The van der Waals surface area contributed by atoms with Crippen LogP contribution in [0, 0.1) is 0 Å². The number of aromatic nitrogens is 2. The molecule has 1 aromatic heterocycles. The Balaban J connectivity index is 2.75. The molecular formula is C6H5BrN4O. The van der Waals surface area contributed by atoms with Gasteiger partial charge in [-0.25, -0.2) is 4.99 Å². The molecule has 0 spiro atoms. The van der Waals surface area contributed by atoms with Crippen LogP contribution in [0.5, 0.6) is 0 Å². The van der Waals surface area contributed by atoms with Gasteiger partial charge in [0.2, 0.25) is 5.95 Å². The van der Waals surface area contributed by atoms with Crippen LogP contribution in [0.2, 0.25) is 0 Å². The van der Waals surface area contributed by atoms with Gasteiger partial charge in [0.15, 0.2) is 5.82 Å². The van der Waals surface area contributed by atoms with Gasteiger partial charge in [0.1, 0.15) is 0 Å². The summed E-state index contributed by atoms with van der Waals surface area (Å²) in [6, 6.07) is 0. The number of fused-ring (bicyclic) bond motifs is 1. The highest BCUT2D eigenvalue weighted by atomic mass is 79.9. The van der Waals surface area contributed by atoms with Gasteiger partial charge in [-0.1, -0.05) is 15.9 Å². The molecule has 12 heavy (non-hydrogen) atoms. The molecule has 0 saturated heterocycles. The first kappa shape index (κ1) is 7.48. The average Bonchev–Trinajstić information content (AvgIpc) is 2.31. The highest BCUT2D eigenvalue weighted by Gasteiger charge is 2.21. The van der Waals surface area contributed by atoms with E-state index in [0.29, 0.717) is 11.4 Å². The highest BCUT2D eigenvalue weighted by Crippen LogP contribution is 2.30. The second-order valence-corrected chi connectivity index (χ2v) is 3.35. The Kier molecular flexibility index (Phi) is 1.50. The van der Waals surface area contributed by atoms with E-state index in [-0.39, 0.29) is 16.3 Å². The van der Waals surface area contributed by atoms with Crippen LogP contribution in [0.3, 0.4) is 0 Å². The number of aliphatic imine (C=N–C) groups is 1. The Morgan fingerprint density at radius 3 is 3.17 bits per heavy atom. The minimum atomic E-state index is -0.239. The van der Waals surface area contributed by atoms with Crippen LogP contribution in [0.25, 0.3) is 0 Å². The maximum atomic E-state index is 11.3. The van der Waals surface area contributed by atoms with E-state index in [0.717, 1.165) is 0 Å². The zero-order valence-corrected chi connectivity index (χ0v) is 7.50. The molecule has 0 fully saturated rings. The number of nitrogens with two attached hydrogens (primary N) is 1. The van der Waals surface area contributed by atoms with E-state index in [1.165, 1.54) is 0 Å². The molecule has 1 atom stereocenters. The Morgan fingerprint density at radius 1 is 1.67 bits per heavy atom. The van der Waals surface area contributed by atoms with Crippen molar-refractivity contribution in [1.29, 1.82) is 0 Å². The van der Waals surface area contributed by atoms with Gasteiger partial charge in [-0.15, -0.1) is 0 Å². The molecule has 2 rings (SSSR count). The van der Waals surface area contributed by atoms with Crippen LogP contribution in [0.1, 0.15) is 10.4 Å². The molecule has 3 N–H and O–H groups in total. The van der Waals surface area contributed by atoms with E-state index >= 15 is 0 Å². The molecule has 1 aliphatic heterocycles. The molecule has 0 saturated carbocycles. The molecule has 2 heterocycles. The molecule has 0 radical (unpaired) electrons. The maximum absolute atomic E-state index is 11.3. The number of anilines is 1. The van der Waals surface area contributed by atoms with Crippen LogP contribution in [-0.4, -0.2) is 16.2 Å². The zero-order valence-electron chi connectivity index (χ0n) is 5.91. The van der Waals surface area contributed by atoms with Gasteiger partial charge in [-0.05, 0) is 0 Å². The molecule has 0 bridgehead atoms. The van der Waals surface area contributed by atoms with Crippen molar-refractivity contribution in [2.24, 2.45) is 4.99 Å². The molecule has 1 aliphatic rings. The molecule has 0 amide bonds. The Bertz CT molecular complexity index is 410. The van der Waals surface area contributed by atoms with Crippen molar-refractivity contribution in [3.63, 3.8) is 0 Å². The summed E-state index contributed by atoms with van der Waals surface area (Å²) < 4.78 is 0. The van der Waals surface area contributed by atoms with Crippen molar-refractivity contribution >= 4 is 33.9 Å². The smallest absolute Gasteiger partial charge is 0.259 e. The van der Waals surface area contributed by atoms with Gasteiger partial charge in [0.25, 0.3) is 5.56 Å². The molecular weight excluding hydrogens is 224 g/mol. The van der Waals surface area contributed by atoms with E-state index in [9.17, 15) is 4.79 Å². The third-order valence-corrected chi connectivity index (χ3v) is 2.25. The fourth-order valence-electron chi connectivity index (χ4n) is 1.05. The van der Waals surface area contributed by atoms with E-state index in [2.05, 4.69) is 30.9 Å². The monoisotopic (exact) mass is 228 g/mol. The summed E-state index contributed by atoms with van der Waals surface area (Å²) in [5.74, 6) is 0.496. The number of aromatic amines is 1. The second kappa shape index (κ2) is 2.41. The summed E-state index contributed by atoms with van der Waals surface area (Å²) in [6.07, 6.45) is 1.60. The quantitative estimate of drug-likeness (QED) is 0.635. The summed E-state index contributed by atoms with van der Waals surface area (Å²) in [7, 11) is 0. The van der Waals surface area contributed by atoms with Crippen molar-refractivity contribution in [3.8, 4) is 0 Å². The van der Waals surface area contributed by atoms with E-state index in [1.54, 1.807) is 6.21 Å². The van der Waals surface area contributed by atoms with Crippen molar-refractivity contribution < 1.29 is 0 Å². The average molecular weight is 229 g/mol. The largest absolute Gasteiger partial charge is 0.369 e. The predicted molar refractivity (Wildman–Crippen MR) is 49.1 cm³/mol. The fourth-order valence-corrected chi connectivity index (χ4v) is 1.58. The van der Waals surface area contributed by atoms with Gasteiger partial charge < -0.3 is 5.73 Å². The topological polar surface area (TPSA) is 84.1 Å². The number of nitrogens with one attached hydrogen (secondary N) is 1. The van der Waals surface area contributed by atoms with E-state index < -0.39 is 0 Å². The van der Waals surface area contributed by atoms with E-state index in [4.69, 9.17) is 5.73 Å². The first-order chi connectivity index (χ1) is 5.68. The summed E-state index contributed by atoms with van der Waals surface area (Å²) in [6.45, 7) is 0. The van der Waals surface area contributed by atoms with Gasteiger partial charge in [0, 0.05) is 6.21 Å². The Morgan fingerprint density at radius 2 is 2.42 bits per heavy atom. The van der Waals surface area contributed by atoms with Crippen LogP contribution in [0.4, 0.5) is 11.8 Å². The summed E-state index contributed by atoms with van der Waals surface area (Å²) in [5.41, 5.74) is 5.60. The molecule has 0 aliphatic carbocycles. The first-order valence-electron chi connectivity index (χ1n) is 3.26. The van der Waals surface area contributed by atoms with Gasteiger partial charge >= 0.3 is 0 Å². The number of nitrogens with zero attached hydrogens (tertiary/aromatic N) is 2. The number of nitrogen functional groups attached to an aromatic ring is 1. The lowest BCUT2D eigenvalue weighted by molar-refractivity contribution is 1.09. The molecule has 0 aromatic carbocycles. The van der Waals surface area contributed by atoms with Gasteiger partial charge in [0.05, 0.1) is 10.4 Å². The minimum absolute atomic E-state index is 0.0949. The van der Waals surface area contributed by atoms with Crippen LogP contribution in [-0.2, 0) is 0 Å². The normalized spacial score (nSPS) is 19.6. The third kappa shape index (κ3) is 0.953. The molecule has 5 nitrogen and oxygen atoms in total. The summed E-state index contributed by atoms with van der Waals surface area (Å²) in [4.78, 5) is 21.3. The predicted octanol–water partition coefficient (Wildman–Crippen LogP) is 0.504. The number of hydrogen-bond acceptors (Lipinski definition) is 4. The van der Waals surface area contributed by atoms with Crippen molar-refractivity contribution in [2.75, 3.05) is 5.73 Å². The molecule has 6 heteroatoms. The van der Waals surface area contributed by atoms with Crippen LogP contribution >= 0.6 is 15.9 Å². The standard InChI is InChI=1S/C6H5BrN4O/c7-2-1-9-4-3(2)5(12)11-6(8)10-4/h1-2H,(H3,8,10,11,12). The van der Waals surface area contributed by atoms with Crippen molar-refractivity contribution in [1.82, 2.24) is 9.97 Å². The minimum Gasteiger partial charge on any atom is -0.369 e. The lowest BCUT2D eigenvalue weighted by atomic mass is 10.3. The third-order valence-electron chi connectivity index (χ3n) is 1.56. The molecule has 1 unspecified atom stereocenters. The maximum Gasteiger partial charge on any atom is 0.259 e. The summed E-state index contributed by atoms with van der Waals surface area (Å²) in [5, 5.41) is 0. The summed E-state index contributed by atoms with van der Waals surface area (Å²) >= 11 is 3.26. The number of rotatable bonds is 0. The van der Waals surface area contributed by atoms with Crippen molar-refractivity contribution in [2.45, 2.75) is 4.83 Å². The number of halogens is 1. The fraction of sp³-hybridized carbons (Fsp3) is 0.167. The van der Waals surface area contributed by atoms with Gasteiger partial charge in [-0.3, -0.25) is 9.78 Å². The van der Waals surface area contributed by atoms with E-state index in [1.807, 2.05) is 0 Å². The van der Waals surface area contributed by atoms with Crippen LogP contribution in [0.15, 0.2) is 9.79 Å². The first-order valence-corrected chi connectivity index (χ1v) is 4.18. The SMILES string of the molecule is Nc1nc2c(c(=O)[nH]1)C(Br)C=N2. The lowest BCUT2D eigenvalue weighted by Gasteiger charge is -1.98. The van der Waals surface area contributed by atoms with Crippen molar-refractivity contribution in [3.05, 3.63) is 15.9 Å². The number of alkyl halides is 1. The van der Waals surface area contributed by atoms with Gasteiger partial charge in [-0.2, -0.15) is 4.98 Å². The Hall–Kier alpha value is -1.17. The lowest BCUT2D eigenvalue weighted by Crippen LogP contribution is -2.15. The molecule has 62 valence electrons. The second-order valence-electron chi connectivity index (χ2n) is 2.37. The number of hydrogen-bond donors (Lipinski definition) is 2. The van der Waals surface area contributed by atoms with Crippen LogP contribution < -0.4 is 11.3 Å².